The van der Waals surface area contributed by atoms with Crippen LogP contribution < -0.4 is 0 Å². The van der Waals surface area contributed by atoms with Crippen molar-refractivity contribution in [3.63, 3.8) is 0 Å². The summed E-state index contributed by atoms with van der Waals surface area (Å²) in [5.74, 6) is 1.24. The largest absolute Gasteiger partial charge is 0.248 e. The Morgan fingerprint density at radius 2 is 2.06 bits per heavy atom. The smallest absolute Gasteiger partial charge is 0.153 e. The standard InChI is InChI=1S/C12H17N3.C2H6/c1-5-7-11(6-2)8-15-9-13-12(14-15)10(3)4;1-2/h5-7,9-10H,1-2,8H2,3-4H3;1-2H3/b11-7+;. The van der Waals surface area contributed by atoms with Gasteiger partial charge in [0.2, 0.25) is 0 Å². The number of nitrogens with zero attached hydrogens (tertiary/aromatic N) is 3. The van der Waals surface area contributed by atoms with Crippen molar-refractivity contribution in [2.75, 3.05) is 0 Å². The summed E-state index contributed by atoms with van der Waals surface area (Å²) >= 11 is 0. The van der Waals surface area contributed by atoms with Gasteiger partial charge in [0, 0.05) is 5.92 Å². The van der Waals surface area contributed by atoms with E-state index in [2.05, 4.69) is 37.1 Å². The molecular formula is C14H23N3. The maximum absolute atomic E-state index is 4.36. The lowest BCUT2D eigenvalue weighted by atomic mass is 10.2. The summed E-state index contributed by atoms with van der Waals surface area (Å²) in [5.41, 5.74) is 1.07. The highest BCUT2D eigenvalue weighted by atomic mass is 15.3. The van der Waals surface area contributed by atoms with Crippen molar-refractivity contribution < 1.29 is 0 Å². The third-order valence-corrected chi connectivity index (χ3v) is 2.01. The summed E-state index contributed by atoms with van der Waals surface area (Å²) in [7, 11) is 0. The number of aromatic nitrogens is 3. The Hall–Kier alpha value is -1.64. The van der Waals surface area contributed by atoms with Crippen LogP contribution in [0.2, 0.25) is 0 Å². The third-order valence-electron chi connectivity index (χ3n) is 2.01. The van der Waals surface area contributed by atoms with Crippen molar-refractivity contribution in [1.29, 1.82) is 0 Å². The minimum absolute atomic E-state index is 0.363. The Labute approximate surface area is 105 Å². The molecule has 0 saturated heterocycles. The third kappa shape index (κ3) is 5.29. The zero-order valence-electron chi connectivity index (χ0n) is 11.3. The first-order valence-electron chi connectivity index (χ1n) is 6.00. The van der Waals surface area contributed by atoms with E-state index < -0.39 is 0 Å². The van der Waals surface area contributed by atoms with E-state index >= 15 is 0 Å². The van der Waals surface area contributed by atoms with Gasteiger partial charge in [-0.25, -0.2) is 9.67 Å². The summed E-state index contributed by atoms with van der Waals surface area (Å²) < 4.78 is 1.81. The molecule has 0 aliphatic carbocycles. The molecule has 0 aliphatic rings. The Morgan fingerprint density at radius 1 is 1.41 bits per heavy atom. The highest BCUT2D eigenvalue weighted by Crippen LogP contribution is 2.08. The van der Waals surface area contributed by atoms with Crippen LogP contribution in [-0.2, 0) is 6.54 Å². The highest BCUT2D eigenvalue weighted by Gasteiger charge is 2.05. The average molecular weight is 233 g/mol. The van der Waals surface area contributed by atoms with E-state index in [9.17, 15) is 0 Å². The zero-order valence-corrected chi connectivity index (χ0v) is 11.3. The minimum atomic E-state index is 0.363. The molecule has 1 heterocycles. The SMILES string of the molecule is C=C/C=C(\C=C)Cn1cnc(C(C)C)n1.CC. The molecule has 17 heavy (non-hydrogen) atoms. The van der Waals surface area contributed by atoms with E-state index in [1.54, 1.807) is 18.5 Å². The second kappa shape index (κ2) is 8.50. The minimum Gasteiger partial charge on any atom is -0.248 e. The van der Waals surface area contributed by atoms with Crippen molar-refractivity contribution in [1.82, 2.24) is 14.8 Å². The monoisotopic (exact) mass is 233 g/mol. The molecule has 3 nitrogen and oxygen atoms in total. The summed E-state index contributed by atoms with van der Waals surface area (Å²) in [6, 6.07) is 0. The van der Waals surface area contributed by atoms with Gasteiger partial charge in [-0.05, 0) is 5.57 Å². The Morgan fingerprint density at radius 3 is 2.47 bits per heavy atom. The molecule has 0 saturated carbocycles. The predicted octanol–water partition coefficient (Wildman–Crippen LogP) is 3.73. The zero-order chi connectivity index (χ0) is 13.3. The highest BCUT2D eigenvalue weighted by molar-refractivity contribution is 5.20. The van der Waals surface area contributed by atoms with Crippen molar-refractivity contribution in [3.8, 4) is 0 Å². The van der Waals surface area contributed by atoms with Gasteiger partial charge in [-0.2, -0.15) is 5.10 Å². The summed E-state index contributed by atoms with van der Waals surface area (Å²) in [6.45, 7) is 16.2. The molecule has 0 aromatic carbocycles. The number of hydrogen-bond donors (Lipinski definition) is 0. The second-order valence-electron chi connectivity index (χ2n) is 3.64. The molecule has 0 aliphatic heterocycles. The van der Waals surface area contributed by atoms with Crippen LogP contribution in [0.15, 0.2) is 43.3 Å². The Kier molecular flexibility index (Phi) is 7.68. The van der Waals surface area contributed by atoms with Crippen molar-refractivity contribution in [2.24, 2.45) is 0 Å². The molecule has 94 valence electrons. The molecule has 1 aromatic heterocycles. The van der Waals surface area contributed by atoms with Gasteiger partial charge in [0.25, 0.3) is 0 Å². The van der Waals surface area contributed by atoms with Crippen LogP contribution in [0, 0.1) is 0 Å². The molecule has 0 radical (unpaired) electrons. The molecule has 0 N–H and O–H groups in total. The van der Waals surface area contributed by atoms with Gasteiger partial charge in [-0.1, -0.05) is 59.1 Å². The molecule has 0 unspecified atom stereocenters. The molecule has 0 bridgehead atoms. The quantitative estimate of drug-likeness (QED) is 0.726. The van der Waals surface area contributed by atoms with Gasteiger partial charge in [-0.3, -0.25) is 0 Å². The lowest BCUT2D eigenvalue weighted by molar-refractivity contribution is 0.656. The van der Waals surface area contributed by atoms with Crippen LogP contribution >= 0.6 is 0 Å². The van der Waals surface area contributed by atoms with Crippen LogP contribution in [0.4, 0.5) is 0 Å². The van der Waals surface area contributed by atoms with E-state index in [1.807, 2.05) is 24.6 Å². The number of allylic oxidation sites excluding steroid dienone is 4. The van der Waals surface area contributed by atoms with Gasteiger partial charge in [0.05, 0.1) is 6.54 Å². The van der Waals surface area contributed by atoms with Crippen LogP contribution in [0.25, 0.3) is 0 Å². The normalized spacial score (nSPS) is 10.8. The molecular weight excluding hydrogens is 210 g/mol. The van der Waals surface area contributed by atoms with Crippen LogP contribution in [0.1, 0.15) is 39.4 Å². The summed E-state index contributed by atoms with van der Waals surface area (Å²) in [6.07, 6.45) is 7.22. The van der Waals surface area contributed by atoms with E-state index in [1.165, 1.54) is 0 Å². The van der Waals surface area contributed by atoms with Gasteiger partial charge >= 0.3 is 0 Å². The van der Waals surface area contributed by atoms with Crippen molar-refractivity contribution >= 4 is 0 Å². The molecule has 0 amide bonds. The van der Waals surface area contributed by atoms with Gasteiger partial charge in [-0.15, -0.1) is 0 Å². The molecule has 0 spiro atoms. The van der Waals surface area contributed by atoms with Gasteiger partial charge in [0.15, 0.2) is 5.82 Å². The molecule has 3 heteroatoms. The molecule has 1 aromatic rings. The summed E-state index contributed by atoms with van der Waals surface area (Å²) in [5, 5.41) is 4.36. The first kappa shape index (κ1) is 15.4. The number of rotatable bonds is 5. The first-order valence-corrected chi connectivity index (χ1v) is 6.00. The van der Waals surface area contributed by atoms with Crippen molar-refractivity contribution in [3.05, 3.63) is 49.1 Å². The predicted molar refractivity (Wildman–Crippen MR) is 73.9 cm³/mol. The fourth-order valence-corrected chi connectivity index (χ4v) is 1.17. The Bertz CT molecular complexity index is 373. The topological polar surface area (TPSA) is 30.7 Å². The van der Waals surface area contributed by atoms with E-state index in [0.717, 1.165) is 11.4 Å². The number of hydrogen-bond acceptors (Lipinski definition) is 2. The van der Waals surface area contributed by atoms with Crippen LogP contribution in [0.3, 0.4) is 0 Å². The fourth-order valence-electron chi connectivity index (χ4n) is 1.17. The molecule has 0 atom stereocenters. The molecule has 1 rings (SSSR count). The Balaban J connectivity index is 0.00000121. The van der Waals surface area contributed by atoms with E-state index in [-0.39, 0.29) is 0 Å². The van der Waals surface area contributed by atoms with Gasteiger partial charge in [0.1, 0.15) is 6.33 Å². The lowest BCUT2D eigenvalue weighted by Gasteiger charge is -2.01. The van der Waals surface area contributed by atoms with E-state index in [4.69, 9.17) is 0 Å². The maximum atomic E-state index is 4.36. The lowest BCUT2D eigenvalue weighted by Crippen LogP contribution is -2.01. The average Bonchev–Trinajstić information content (AvgIpc) is 2.80. The first-order chi connectivity index (χ1) is 8.17. The summed E-state index contributed by atoms with van der Waals surface area (Å²) in [4.78, 5) is 4.23. The second-order valence-corrected chi connectivity index (χ2v) is 3.64. The molecule has 0 fully saturated rings. The van der Waals surface area contributed by atoms with Crippen LogP contribution in [0.5, 0.6) is 0 Å². The van der Waals surface area contributed by atoms with Gasteiger partial charge < -0.3 is 0 Å². The van der Waals surface area contributed by atoms with Crippen LogP contribution in [-0.4, -0.2) is 14.8 Å². The fraction of sp³-hybridized carbons (Fsp3) is 0.429. The maximum Gasteiger partial charge on any atom is 0.153 e. The van der Waals surface area contributed by atoms with Crippen molar-refractivity contribution in [2.45, 2.75) is 40.2 Å². The van der Waals surface area contributed by atoms with E-state index in [0.29, 0.717) is 12.5 Å².